The van der Waals surface area contributed by atoms with Crippen molar-refractivity contribution in [2.75, 3.05) is 0 Å². The van der Waals surface area contributed by atoms with E-state index in [9.17, 15) is 0 Å². The number of hydrogen-bond donors (Lipinski definition) is 0. The van der Waals surface area contributed by atoms with Crippen LogP contribution in [0.15, 0.2) is 194 Å². The summed E-state index contributed by atoms with van der Waals surface area (Å²) in [6.07, 6.45) is 0. The first kappa shape index (κ1) is 33.5. The number of aromatic nitrogens is 4. The summed E-state index contributed by atoms with van der Waals surface area (Å²) in [5.74, 6) is 1.93. The Morgan fingerprint density at radius 1 is 0.322 bits per heavy atom. The van der Waals surface area contributed by atoms with Gasteiger partial charge in [-0.1, -0.05) is 176 Å². The smallest absolute Gasteiger partial charge is 0.164 e. The lowest BCUT2D eigenvalue weighted by Crippen LogP contribution is -2.01. The van der Waals surface area contributed by atoms with Crippen LogP contribution in [0.4, 0.5) is 0 Å². The molecule has 9 aromatic carbocycles. The Labute approximate surface area is 343 Å². The molecule has 5 heteroatoms. The number of thiophene rings is 1. The van der Waals surface area contributed by atoms with Crippen LogP contribution in [-0.4, -0.2) is 19.9 Å². The zero-order valence-electron chi connectivity index (χ0n) is 31.7. The van der Waals surface area contributed by atoms with E-state index in [1.807, 2.05) is 11.3 Å². The molecule has 12 aromatic rings. The molecule has 0 saturated carbocycles. The molecule has 0 radical (unpaired) electrons. The van der Waals surface area contributed by atoms with Gasteiger partial charge >= 0.3 is 0 Å². The maximum absolute atomic E-state index is 5.31. The molecule has 4 nitrogen and oxygen atoms in total. The highest BCUT2D eigenvalue weighted by atomic mass is 32.1. The van der Waals surface area contributed by atoms with Crippen LogP contribution in [-0.2, 0) is 0 Å². The Hall–Kier alpha value is -7.60. The Morgan fingerprint density at radius 3 is 1.59 bits per heavy atom. The van der Waals surface area contributed by atoms with E-state index in [4.69, 9.17) is 19.9 Å². The van der Waals surface area contributed by atoms with Crippen molar-refractivity contribution >= 4 is 74.7 Å². The average Bonchev–Trinajstić information content (AvgIpc) is 3.70. The van der Waals surface area contributed by atoms with Gasteiger partial charge in [0, 0.05) is 58.6 Å². The van der Waals surface area contributed by atoms with E-state index in [2.05, 4.69) is 194 Å². The summed E-state index contributed by atoms with van der Waals surface area (Å²) in [5.41, 5.74) is 8.16. The normalized spacial score (nSPS) is 11.7. The molecular formula is C54H32N4S. The van der Waals surface area contributed by atoms with Crippen LogP contribution in [0.5, 0.6) is 0 Å². The lowest BCUT2D eigenvalue weighted by molar-refractivity contribution is 1.08. The first-order valence-corrected chi connectivity index (χ1v) is 20.6. The molecule has 3 heterocycles. The molecule has 12 rings (SSSR count). The summed E-state index contributed by atoms with van der Waals surface area (Å²) in [5, 5.41) is 10.7. The van der Waals surface area contributed by atoms with Gasteiger partial charge in [-0.2, -0.15) is 0 Å². The van der Waals surface area contributed by atoms with Crippen molar-refractivity contribution in [3.8, 4) is 56.5 Å². The summed E-state index contributed by atoms with van der Waals surface area (Å²) in [7, 11) is 0. The second-order valence-corrected chi connectivity index (χ2v) is 16.0. The van der Waals surface area contributed by atoms with E-state index in [1.165, 1.54) is 30.9 Å². The van der Waals surface area contributed by atoms with E-state index < -0.39 is 0 Å². The minimum Gasteiger partial charge on any atom is -0.247 e. The number of benzene rings is 9. The van der Waals surface area contributed by atoms with Crippen molar-refractivity contribution in [1.29, 1.82) is 0 Å². The highest BCUT2D eigenvalue weighted by molar-refractivity contribution is 7.26. The standard InChI is InChI=1S/C54H32N4S/c1-3-18-39-34(12-1)14-10-22-43(39)53-56-52(57-54(58-53)44-23-11-15-35-13-2-4-19-40(35)44)36-28-26-33(27-29-36)37-16-9-17-38(32-37)50-46-31-30-42-41-20-6-8-25-48(41)59-51(42)49(46)45-21-5-7-24-47(45)55-50/h1-32H. The van der Waals surface area contributed by atoms with Crippen molar-refractivity contribution in [2.45, 2.75) is 0 Å². The van der Waals surface area contributed by atoms with Crippen LogP contribution in [0.3, 0.4) is 0 Å². The summed E-state index contributed by atoms with van der Waals surface area (Å²) in [6, 6.07) is 68.5. The molecule has 3 aromatic heterocycles. The average molecular weight is 769 g/mol. The molecule has 0 aliphatic carbocycles. The SMILES string of the molecule is c1cc(-c2ccc(-c3nc(-c4cccc5ccccc45)nc(-c4cccc5ccccc45)n3)cc2)cc(-c2nc3ccccc3c3c2ccc2c4ccccc4sc23)c1. The second-order valence-electron chi connectivity index (χ2n) is 15.0. The summed E-state index contributed by atoms with van der Waals surface area (Å²) < 4.78 is 2.61. The number of fused-ring (bicyclic) bond motifs is 9. The molecular weight excluding hydrogens is 737 g/mol. The van der Waals surface area contributed by atoms with Gasteiger partial charge in [0.25, 0.3) is 0 Å². The van der Waals surface area contributed by atoms with E-state index in [0.717, 1.165) is 71.5 Å². The van der Waals surface area contributed by atoms with Gasteiger partial charge in [0.05, 0.1) is 11.2 Å². The fourth-order valence-electron chi connectivity index (χ4n) is 8.68. The van der Waals surface area contributed by atoms with Gasteiger partial charge in [-0.25, -0.2) is 19.9 Å². The third kappa shape index (κ3) is 5.58. The minimum absolute atomic E-state index is 0.630. The Kier molecular flexibility index (Phi) is 7.68. The topological polar surface area (TPSA) is 51.6 Å². The highest BCUT2D eigenvalue weighted by Crippen LogP contribution is 2.44. The summed E-state index contributed by atoms with van der Waals surface area (Å²) in [4.78, 5) is 20.7. The monoisotopic (exact) mass is 768 g/mol. The molecule has 0 N–H and O–H groups in total. The van der Waals surface area contributed by atoms with Gasteiger partial charge in [-0.05, 0) is 50.9 Å². The molecule has 0 atom stereocenters. The zero-order chi connectivity index (χ0) is 38.9. The molecule has 0 bridgehead atoms. The molecule has 0 aliphatic rings. The number of nitrogens with zero attached hydrogens (tertiary/aromatic N) is 4. The van der Waals surface area contributed by atoms with Gasteiger partial charge < -0.3 is 0 Å². The Bertz CT molecular complexity index is 3520. The molecule has 0 amide bonds. The Morgan fingerprint density at radius 2 is 0.864 bits per heavy atom. The molecule has 0 fully saturated rings. The predicted molar refractivity (Wildman–Crippen MR) is 248 cm³/mol. The van der Waals surface area contributed by atoms with Crippen LogP contribution < -0.4 is 0 Å². The lowest BCUT2D eigenvalue weighted by atomic mass is 9.96. The summed E-state index contributed by atoms with van der Waals surface area (Å²) in [6.45, 7) is 0. The van der Waals surface area contributed by atoms with Gasteiger partial charge in [0.1, 0.15) is 0 Å². The number of rotatable bonds is 5. The molecule has 0 aliphatic heterocycles. The molecule has 0 spiro atoms. The van der Waals surface area contributed by atoms with Gasteiger partial charge in [-0.15, -0.1) is 11.3 Å². The first-order valence-electron chi connectivity index (χ1n) is 19.8. The van der Waals surface area contributed by atoms with Crippen LogP contribution in [0.25, 0.3) is 120 Å². The molecule has 0 unspecified atom stereocenters. The third-order valence-electron chi connectivity index (χ3n) is 11.5. The first-order chi connectivity index (χ1) is 29.2. The minimum atomic E-state index is 0.630. The highest BCUT2D eigenvalue weighted by Gasteiger charge is 2.18. The molecule has 274 valence electrons. The number of para-hydroxylation sites is 1. The quantitative estimate of drug-likeness (QED) is 0.164. The molecule has 0 saturated heterocycles. The fourth-order valence-corrected chi connectivity index (χ4v) is 9.95. The van der Waals surface area contributed by atoms with Gasteiger partial charge in [-0.3, -0.25) is 0 Å². The summed E-state index contributed by atoms with van der Waals surface area (Å²) >= 11 is 1.87. The maximum Gasteiger partial charge on any atom is 0.164 e. The number of hydrogen-bond acceptors (Lipinski definition) is 5. The van der Waals surface area contributed by atoms with Crippen LogP contribution >= 0.6 is 11.3 Å². The largest absolute Gasteiger partial charge is 0.247 e. The fraction of sp³-hybridized carbons (Fsp3) is 0. The predicted octanol–water partition coefficient (Wildman–Crippen LogP) is 14.6. The maximum atomic E-state index is 5.31. The van der Waals surface area contributed by atoms with Crippen molar-refractivity contribution in [2.24, 2.45) is 0 Å². The lowest BCUT2D eigenvalue weighted by Gasteiger charge is -2.13. The van der Waals surface area contributed by atoms with Crippen molar-refractivity contribution < 1.29 is 0 Å². The van der Waals surface area contributed by atoms with E-state index >= 15 is 0 Å². The third-order valence-corrected chi connectivity index (χ3v) is 12.7. The van der Waals surface area contributed by atoms with Gasteiger partial charge in [0.15, 0.2) is 17.5 Å². The van der Waals surface area contributed by atoms with Crippen LogP contribution in [0, 0.1) is 0 Å². The van der Waals surface area contributed by atoms with Crippen molar-refractivity contribution in [3.63, 3.8) is 0 Å². The van der Waals surface area contributed by atoms with E-state index in [0.29, 0.717) is 17.5 Å². The van der Waals surface area contributed by atoms with Gasteiger partial charge in [0.2, 0.25) is 0 Å². The van der Waals surface area contributed by atoms with Crippen molar-refractivity contribution in [3.05, 3.63) is 194 Å². The number of pyridine rings is 1. The molecule has 59 heavy (non-hydrogen) atoms. The van der Waals surface area contributed by atoms with Crippen molar-refractivity contribution in [1.82, 2.24) is 19.9 Å². The van der Waals surface area contributed by atoms with Crippen LogP contribution in [0.2, 0.25) is 0 Å². The zero-order valence-corrected chi connectivity index (χ0v) is 32.5. The van der Waals surface area contributed by atoms with E-state index in [1.54, 1.807) is 0 Å². The van der Waals surface area contributed by atoms with E-state index in [-0.39, 0.29) is 0 Å². The second kappa shape index (κ2) is 13.5. The van der Waals surface area contributed by atoms with Crippen LogP contribution in [0.1, 0.15) is 0 Å². The Balaban J connectivity index is 0.977.